The van der Waals surface area contributed by atoms with Crippen LogP contribution in [0.4, 0.5) is 0 Å². The smallest absolute Gasteiger partial charge is 0.434 e. The minimum atomic E-state index is -0.280. The van der Waals surface area contributed by atoms with Crippen molar-refractivity contribution in [3.63, 3.8) is 0 Å². The van der Waals surface area contributed by atoms with Crippen LogP contribution >= 0.6 is 0 Å². The fraction of sp³-hybridized carbons (Fsp3) is 0. The van der Waals surface area contributed by atoms with E-state index < -0.39 is 0 Å². The van der Waals surface area contributed by atoms with E-state index in [2.05, 4.69) is 149 Å². The van der Waals surface area contributed by atoms with Gasteiger partial charge in [0.15, 0.2) is 0 Å². The molecule has 2 aliphatic rings. The van der Waals surface area contributed by atoms with Gasteiger partial charge in [-0.1, -0.05) is 91.0 Å². The van der Waals surface area contributed by atoms with Crippen molar-refractivity contribution in [3.05, 3.63) is 152 Å². The molecule has 11 rings (SSSR count). The van der Waals surface area contributed by atoms with E-state index >= 15 is 0 Å². The number of aromatic nitrogens is 2. The van der Waals surface area contributed by atoms with E-state index in [1.54, 1.807) is 0 Å². The second-order valence-corrected chi connectivity index (χ2v) is 12.5. The van der Waals surface area contributed by atoms with Gasteiger partial charge in [-0.25, -0.2) is 0 Å². The first-order valence-electron chi connectivity index (χ1n) is 16.0. The Bertz CT molecular complexity index is 2670. The average molecular weight is 600 g/mol. The summed E-state index contributed by atoms with van der Waals surface area (Å²) >= 11 is 0. The highest BCUT2D eigenvalue weighted by Crippen LogP contribution is 2.43. The fourth-order valence-electron chi connectivity index (χ4n) is 8.00. The Morgan fingerprint density at radius 3 is 1.53 bits per heavy atom. The highest BCUT2D eigenvalue weighted by molar-refractivity contribution is 6.84. The zero-order chi connectivity index (χ0) is 30.6. The van der Waals surface area contributed by atoms with Crippen LogP contribution in [0.25, 0.3) is 66.1 Å². The summed E-state index contributed by atoms with van der Waals surface area (Å²) in [6, 6.07) is 53.9. The Kier molecular flexibility index (Phi) is 4.89. The zero-order valence-corrected chi connectivity index (χ0v) is 25.2. The lowest BCUT2D eigenvalue weighted by molar-refractivity contribution is 0.479. The third-order valence-electron chi connectivity index (χ3n) is 9.99. The molecule has 0 atom stereocenters. The first-order chi connectivity index (χ1) is 23.3. The van der Waals surface area contributed by atoms with Gasteiger partial charge in [0.1, 0.15) is 17.2 Å². The van der Waals surface area contributed by atoms with Crippen molar-refractivity contribution in [2.45, 2.75) is 0 Å². The summed E-state index contributed by atoms with van der Waals surface area (Å²) in [4.78, 5) is 0. The van der Waals surface area contributed by atoms with Crippen LogP contribution in [0.15, 0.2) is 152 Å². The molecular weight excluding hydrogens is 575 g/mol. The van der Waals surface area contributed by atoms with Gasteiger partial charge in [-0.2, -0.15) is 0 Å². The van der Waals surface area contributed by atoms with Gasteiger partial charge in [-0.3, -0.25) is 0 Å². The lowest BCUT2D eigenvalue weighted by Gasteiger charge is -2.33. The van der Waals surface area contributed by atoms with Gasteiger partial charge in [-0.05, 0) is 54.1 Å². The number of hydrogen-bond acceptors (Lipinski definition) is 2. The Morgan fingerprint density at radius 1 is 0.404 bits per heavy atom. The van der Waals surface area contributed by atoms with Crippen molar-refractivity contribution in [2.24, 2.45) is 0 Å². The minimum Gasteiger partial charge on any atom is -0.551 e. The van der Waals surface area contributed by atoms with Gasteiger partial charge in [0.2, 0.25) is 0 Å². The van der Waals surface area contributed by atoms with Gasteiger partial charge >= 0.3 is 6.92 Å². The van der Waals surface area contributed by atoms with Gasteiger partial charge in [0.25, 0.3) is 0 Å². The second-order valence-electron chi connectivity index (χ2n) is 12.5. The van der Waals surface area contributed by atoms with Crippen molar-refractivity contribution in [1.82, 2.24) is 9.13 Å². The molecule has 0 spiro atoms. The third kappa shape index (κ3) is 3.38. The summed E-state index contributed by atoms with van der Waals surface area (Å²) in [7, 11) is 0. The molecule has 0 N–H and O–H groups in total. The first kappa shape index (κ1) is 25.0. The number of benzene rings is 7. The van der Waals surface area contributed by atoms with Crippen LogP contribution in [0, 0.1) is 0 Å². The van der Waals surface area contributed by atoms with Crippen LogP contribution in [0.1, 0.15) is 0 Å². The van der Waals surface area contributed by atoms with E-state index in [4.69, 9.17) is 9.39 Å². The monoisotopic (exact) mass is 600 g/mol. The number of nitrogens with zero attached hydrogens (tertiary/aromatic N) is 2. The molecule has 5 heteroatoms. The largest absolute Gasteiger partial charge is 0.551 e. The van der Waals surface area contributed by atoms with E-state index in [1.165, 1.54) is 43.6 Å². The van der Waals surface area contributed by atoms with Crippen molar-refractivity contribution < 1.29 is 9.39 Å². The highest BCUT2D eigenvalue weighted by atomic mass is 16.5. The Hall–Kier alpha value is -6.20. The molecule has 0 saturated carbocycles. The summed E-state index contributed by atoms with van der Waals surface area (Å²) < 4.78 is 18.4. The molecule has 0 amide bonds. The lowest BCUT2D eigenvalue weighted by atomic mass is 9.51. The summed E-state index contributed by atoms with van der Waals surface area (Å²) in [5.74, 6) is 2.53. The molecule has 9 aromatic rings. The molecule has 0 radical (unpaired) electrons. The van der Waals surface area contributed by atoms with E-state index in [0.29, 0.717) is 0 Å². The van der Waals surface area contributed by atoms with Crippen LogP contribution in [0.2, 0.25) is 0 Å². The summed E-state index contributed by atoms with van der Waals surface area (Å²) in [5, 5.41) is 4.95. The normalized spacial score (nSPS) is 13.0. The topological polar surface area (TPSA) is 28.3 Å². The molecule has 218 valence electrons. The molecule has 0 unspecified atom stereocenters. The second kappa shape index (κ2) is 9.18. The standard InChI is InChI=1S/C42H25BN2O2/c1-6-16-35-28(11-1)29-12-2-7-17-36(29)44(35)26-21-22-32-33-23-27(45-37-18-8-3-13-30(37)31-14-4-9-19-38(31)45)25-41-42(33)43(47-40(32)24-26)34-15-5-10-20-39(34)46-41/h1-25H. The molecule has 0 aliphatic carbocycles. The van der Waals surface area contributed by atoms with Crippen molar-refractivity contribution in [3.8, 4) is 39.8 Å². The van der Waals surface area contributed by atoms with Gasteiger partial charge in [0.05, 0.1) is 27.8 Å². The van der Waals surface area contributed by atoms with Crippen LogP contribution in [-0.2, 0) is 0 Å². The lowest BCUT2D eigenvalue weighted by Crippen LogP contribution is -2.53. The average Bonchev–Trinajstić information content (AvgIpc) is 3.64. The van der Waals surface area contributed by atoms with E-state index in [0.717, 1.165) is 50.7 Å². The number of rotatable bonds is 2. The quantitative estimate of drug-likeness (QED) is 0.185. The van der Waals surface area contributed by atoms with Gasteiger partial charge in [-0.15, -0.1) is 0 Å². The number of hydrogen-bond donors (Lipinski definition) is 0. The summed E-state index contributed by atoms with van der Waals surface area (Å²) in [6.07, 6.45) is 0. The summed E-state index contributed by atoms with van der Waals surface area (Å²) in [6.45, 7) is -0.280. The van der Waals surface area contributed by atoms with Gasteiger partial charge in [0, 0.05) is 55.9 Å². The molecule has 7 aromatic carbocycles. The predicted octanol–water partition coefficient (Wildman–Crippen LogP) is 9.15. The molecule has 4 heterocycles. The van der Waals surface area contributed by atoms with Crippen molar-refractivity contribution >= 4 is 61.5 Å². The Balaban J connectivity index is 1.19. The number of ether oxygens (including phenoxy) is 1. The summed E-state index contributed by atoms with van der Waals surface area (Å²) in [5.41, 5.74) is 11.1. The highest BCUT2D eigenvalue weighted by Gasteiger charge is 2.41. The Labute approximate surface area is 270 Å². The molecule has 0 fully saturated rings. The number of para-hydroxylation sites is 5. The maximum atomic E-state index is 7.00. The molecule has 0 saturated heterocycles. The van der Waals surface area contributed by atoms with E-state index in [9.17, 15) is 0 Å². The first-order valence-corrected chi connectivity index (χ1v) is 16.0. The third-order valence-corrected chi connectivity index (χ3v) is 9.99. The van der Waals surface area contributed by atoms with Crippen LogP contribution in [0.3, 0.4) is 0 Å². The SMILES string of the molecule is c1ccc2c(c1)Oc1cc(-n3c4ccccc4c4ccccc43)cc3c1B2Oc1cc(-n2c4ccccc4c4ccccc42)ccc1-3. The molecule has 4 nitrogen and oxygen atoms in total. The maximum absolute atomic E-state index is 7.00. The molecule has 2 aromatic heterocycles. The maximum Gasteiger partial charge on any atom is 0.434 e. The molecular formula is C42H25BN2O2. The van der Waals surface area contributed by atoms with Crippen molar-refractivity contribution in [2.75, 3.05) is 0 Å². The predicted molar refractivity (Wildman–Crippen MR) is 193 cm³/mol. The number of fused-ring (bicyclic) bond motifs is 10. The van der Waals surface area contributed by atoms with Crippen LogP contribution < -0.4 is 20.3 Å². The molecule has 0 bridgehead atoms. The van der Waals surface area contributed by atoms with Gasteiger partial charge < -0.3 is 18.5 Å². The minimum absolute atomic E-state index is 0.280. The van der Waals surface area contributed by atoms with E-state index in [-0.39, 0.29) is 6.92 Å². The molecule has 47 heavy (non-hydrogen) atoms. The van der Waals surface area contributed by atoms with Crippen LogP contribution in [-0.4, -0.2) is 16.0 Å². The fourth-order valence-corrected chi connectivity index (χ4v) is 8.00. The van der Waals surface area contributed by atoms with Crippen LogP contribution in [0.5, 0.6) is 17.2 Å². The van der Waals surface area contributed by atoms with E-state index in [1.807, 2.05) is 12.1 Å². The zero-order valence-electron chi connectivity index (χ0n) is 25.2. The molecule has 2 aliphatic heterocycles. The Morgan fingerprint density at radius 2 is 0.915 bits per heavy atom. The van der Waals surface area contributed by atoms with Crippen molar-refractivity contribution in [1.29, 1.82) is 0 Å².